The minimum Gasteiger partial charge on any atom is -0.496 e. The first-order chi connectivity index (χ1) is 6.40. The molecule has 0 unspecified atom stereocenters. The van der Waals surface area contributed by atoms with Crippen LogP contribution in [0.3, 0.4) is 0 Å². The number of rotatable bonds is 1. The Kier molecular flexibility index (Phi) is 1.41. The Balaban J connectivity index is 2.12. The highest BCUT2D eigenvalue weighted by Crippen LogP contribution is 2.48. The van der Waals surface area contributed by atoms with Gasteiger partial charge in [-0.1, -0.05) is 12.1 Å². The molecule has 3 rings (SSSR count). The van der Waals surface area contributed by atoms with Crippen molar-refractivity contribution in [2.24, 2.45) is 0 Å². The first-order valence-corrected chi connectivity index (χ1v) is 4.71. The molecule has 1 saturated heterocycles. The Hall–Kier alpha value is -1.02. The molecule has 0 aromatic heterocycles. The molecule has 1 heterocycles. The summed E-state index contributed by atoms with van der Waals surface area (Å²) < 4.78 is 10.9. The maximum atomic E-state index is 5.55. The summed E-state index contributed by atoms with van der Waals surface area (Å²) in [5.74, 6) is 1.02. The van der Waals surface area contributed by atoms with Crippen molar-refractivity contribution in [3.05, 3.63) is 29.3 Å². The molecule has 1 aromatic rings. The summed E-state index contributed by atoms with van der Waals surface area (Å²) in [5.41, 5.74) is 2.69. The lowest BCUT2D eigenvalue weighted by molar-refractivity contribution is 0.372. The monoisotopic (exact) mass is 176 g/mol. The van der Waals surface area contributed by atoms with Crippen LogP contribution >= 0.6 is 0 Å². The van der Waals surface area contributed by atoms with Crippen molar-refractivity contribution in [2.45, 2.75) is 25.0 Å². The van der Waals surface area contributed by atoms with Crippen LogP contribution in [0.1, 0.15) is 23.7 Å². The molecule has 1 aliphatic heterocycles. The van der Waals surface area contributed by atoms with Crippen LogP contribution in [-0.4, -0.2) is 13.2 Å². The molecule has 0 bridgehead atoms. The molecule has 0 saturated carbocycles. The van der Waals surface area contributed by atoms with Crippen LogP contribution in [0.15, 0.2) is 18.2 Å². The van der Waals surface area contributed by atoms with Gasteiger partial charge in [0, 0.05) is 5.56 Å². The van der Waals surface area contributed by atoms with Crippen molar-refractivity contribution >= 4 is 0 Å². The Morgan fingerprint density at radius 3 is 3.23 bits per heavy atom. The second kappa shape index (κ2) is 2.48. The largest absolute Gasteiger partial charge is 0.496 e. The third-order valence-corrected chi connectivity index (χ3v) is 2.96. The highest BCUT2D eigenvalue weighted by molar-refractivity contribution is 5.45. The number of fused-ring (bicyclic) bond motifs is 3. The van der Waals surface area contributed by atoms with E-state index in [0.29, 0.717) is 12.2 Å². The van der Waals surface area contributed by atoms with Gasteiger partial charge in [-0.05, 0) is 24.5 Å². The third kappa shape index (κ3) is 0.985. The van der Waals surface area contributed by atoms with Crippen molar-refractivity contribution in [3.63, 3.8) is 0 Å². The highest BCUT2D eigenvalue weighted by Gasteiger charge is 2.44. The zero-order valence-electron chi connectivity index (χ0n) is 7.62. The van der Waals surface area contributed by atoms with Gasteiger partial charge in [-0.25, -0.2) is 0 Å². The summed E-state index contributed by atoms with van der Waals surface area (Å²) in [6.45, 7) is 0. The minimum atomic E-state index is 0.374. The van der Waals surface area contributed by atoms with Crippen LogP contribution in [0.5, 0.6) is 5.75 Å². The summed E-state index contributed by atoms with van der Waals surface area (Å²) >= 11 is 0. The number of methoxy groups -OCH3 is 1. The summed E-state index contributed by atoms with van der Waals surface area (Å²) in [4.78, 5) is 0. The van der Waals surface area contributed by atoms with Crippen LogP contribution in [0.25, 0.3) is 0 Å². The second-order valence-corrected chi connectivity index (χ2v) is 3.66. The van der Waals surface area contributed by atoms with Gasteiger partial charge in [-0.3, -0.25) is 0 Å². The molecule has 2 heteroatoms. The second-order valence-electron chi connectivity index (χ2n) is 3.66. The first-order valence-electron chi connectivity index (χ1n) is 4.71. The molecule has 0 N–H and O–H groups in total. The SMILES string of the molecule is COc1cccc2c1CC[C@H]1O[C@@H]21. The number of hydrogen-bond acceptors (Lipinski definition) is 2. The highest BCUT2D eigenvalue weighted by atomic mass is 16.6. The van der Waals surface area contributed by atoms with Gasteiger partial charge in [0.25, 0.3) is 0 Å². The fourth-order valence-electron chi connectivity index (χ4n) is 2.23. The van der Waals surface area contributed by atoms with Crippen LogP contribution in [0.4, 0.5) is 0 Å². The zero-order valence-corrected chi connectivity index (χ0v) is 7.62. The predicted molar refractivity (Wildman–Crippen MR) is 48.9 cm³/mol. The number of ether oxygens (including phenoxy) is 2. The molecule has 1 aliphatic carbocycles. The van der Waals surface area contributed by atoms with Crippen molar-refractivity contribution in [1.82, 2.24) is 0 Å². The van der Waals surface area contributed by atoms with Gasteiger partial charge in [0.05, 0.1) is 13.2 Å². The third-order valence-electron chi connectivity index (χ3n) is 2.96. The van der Waals surface area contributed by atoms with E-state index in [2.05, 4.69) is 6.07 Å². The van der Waals surface area contributed by atoms with E-state index in [1.165, 1.54) is 11.1 Å². The van der Waals surface area contributed by atoms with Crippen LogP contribution in [-0.2, 0) is 11.2 Å². The smallest absolute Gasteiger partial charge is 0.122 e. The Morgan fingerprint density at radius 1 is 1.46 bits per heavy atom. The van der Waals surface area contributed by atoms with E-state index in [0.717, 1.165) is 18.6 Å². The lowest BCUT2D eigenvalue weighted by atomic mass is 9.91. The maximum absolute atomic E-state index is 5.55. The molecule has 13 heavy (non-hydrogen) atoms. The van der Waals surface area contributed by atoms with E-state index in [1.807, 2.05) is 12.1 Å². The van der Waals surface area contributed by atoms with Gasteiger partial charge in [0.1, 0.15) is 11.9 Å². The first kappa shape index (κ1) is 7.39. The van der Waals surface area contributed by atoms with E-state index in [-0.39, 0.29) is 0 Å². The fourth-order valence-corrected chi connectivity index (χ4v) is 2.23. The molecule has 68 valence electrons. The molecular formula is C11H12O2. The number of epoxide rings is 1. The van der Waals surface area contributed by atoms with E-state index >= 15 is 0 Å². The normalized spacial score (nSPS) is 29.0. The van der Waals surface area contributed by atoms with E-state index in [4.69, 9.17) is 9.47 Å². The Morgan fingerprint density at radius 2 is 2.38 bits per heavy atom. The van der Waals surface area contributed by atoms with Crippen molar-refractivity contribution in [2.75, 3.05) is 7.11 Å². The average molecular weight is 176 g/mol. The lowest BCUT2D eigenvalue weighted by Gasteiger charge is -2.15. The van der Waals surface area contributed by atoms with Crippen molar-refractivity contribution in [1.29, 1.82) is 0 Å². The quantitative estimate of drug-likeness (QED) is 0.611. The van der Waals surface area contributed by atoms with Crippen LogP contribution in [0.2, 0.25) is 0 Å². The summed E-state index contributed by atoms with van der Waals surface area (Å²) in [7, 11) is 1.73. The molecular weight excluding hydrogens is 164 g/mol. The van der Waals surface area contributed by atoms with Gasteiger partial charge in [-0.2, -0.15) is 0 Å². The number of hydrogen-bond donors (Lipinski definition) is 0. The van der Waals surface area contributed by atoms with Gasteiger partial charge < -0.3 is 9.47 Å². The molecule has 1 fully saturated rings. The topological polar surface area (TPSA) is 21.8 Å². The van der Waals surface area contributed by atoms with Gasteiger partial charge >= 0.3 is 0 Å². The summed E-state index contributed by atoms with van der Waals surface area (Å²) in [5, 5.41) is 0. The molecule has 0 amide bonds. The van der Waals surface area contributed by atoms with Gasteiger partial charge in [0.15, 0.2) is 0 Å². The van der Waals surface area contributed by atoms with E-state index in [9.17, 15) is 0 Å². The molecule has 2 aliphatic rings. The number of benzene rings is 1. The summed E-state index contributed by atoms with van der Waals surface area (Å²) in [6, 6.07) is 6.23. The lowest BCUT2D eigenvalue weighted by Crippen LogP contribution is -2.05. The van der Waals surface area contributed by atoms with Gasteiger partial charge in [-0.15, -0.1) is 0 Å². The molecule has 2 nitrogen and oxygen atoms in total. The van der Waals surface area contributed by atoms with Crippen molar-refractivity contribution < 1.29 is 9.47 Å². The standard InChI is InChI=1S/C11H12O2/c1-12-9-4-2-3-8-7(9)5-6-10-11(8)13-10/h2-4,10-11H,5-6H2,1H3/t10-,11+/m1/s1. The maximum Gasteiger partial charge on any atom is 0.122 e. The van der Waals surface area contributed by atoms with Crippen LogP contribution < -0.4 is 4.74 Å². The fraction of sp³-hybridized carbons (Fsp3) is 0.455. The molecule has 0 spiro atoms. The summed E-state index contributed by atoms with van der Waals surface area (Å²) in [6.07, 6.45) is 3.12. The molecule has 1 aromatic carbocycles. The Labute approximate surface area is 77.5 Å². The predicted octanol–water partition coefficient (Wildman–Crippen LogP) is 2.08. The van der Waals surface area contributed by atoms with E-state index < -0.39 is 0 Å². The van der Waals surface area contributed by atoms with Crippen molar-refractivity contribution in [3.8, 4) is 5.75 Å². The zero-order chi connectivity index (χ0) is 8.84. The minimum absolute atomic E-state index is 0.374. The Bertz CT molecular complexity index is 346. The van der Waals surface area contributed by atoms with Crippen LogP contribution in [0, 0.1) is 0 Å². The molecule has 0 radical (unpaired) electrons. The van der Waals surface area contributed by atoms with E-state index in [1.54, 1.807) is 7.11 Å². The molecule has 2 atom stereocenters. The average Bonchev–Trinajstić information content (AvgIpc) is 2.95. The van der Waals surface area contributed by atoms with Gasteiger partial charge in [0.2, 0.25) is 0 Å².